The lowest BCUT2D eigenvalue weighted by atomic mass is 10.3. The van der Waals surface area contributed by atoms with Crippen molar-refractivity contribution in [2.45, 2.75) is 26.4 Å². The van der Waals surface area contributed by atoms with Gasteiger partial charge in [-0.05, 0) is 32.0 Å². The average molecular weight is 308 g/mol. The Morgan fingerprint density at radius 2 is 2.12 bits per heavy atom. The molecule has 1 N–H and O–H groups in total. The summed E-state index contributed by atoms with van der Waals surface area (Å²) >= 11 is 3.10. The van der Waals surface area contributed by atoms with Gasteiger partial charge >= 0.3 is 0 Å². The molecule has 1 rings (SSSR count). The molecular formula is C12H16BrF2NO. The maximum absolute atomic E-state index is 13.4. The standard InChI is InChI=1S/C12H16BrF2NO/c1-3-4-16-7-8(2)17-11-6-9(13)5-10(14)12(11)15/h5-6,8,16H,3-4,7H2,1-2H3. The van der Waals surface area contributed by atoms with Gasteiger partial charge in [-0.25, -0.2) is 4.39 Å². The highest BCUT2D eigenvalue weighted by Gasteiger charge is 2.13. The summed E-state index contributed by atoms with van der Waals surface area (Å²) < 4.78 is 32.3. The van der Waals surface area contributed by atoms with Crippen LogP contribution in [-0.4, -0.2) is 19.2 Å². The van der Waals surface area contributed by atoms with Crippen LogP contribution in [0.3, 0.4) is 0 Å². The average Bonchev–Trinajstić information content (AvgIpc) is 2.25. The molecule has 0 aliphatic rings. The highest BCUT2D eigenvalue weighted by molar-refractivity contribution is 9.10. The molecule has 0 aliphatic carbocycles. The van der Waals surface area contributed by atoms with E-state index >= 15 is 0 Å². The molecule has 0 fully saturated rings. The van der Waals surface area contributed by atoms with Gasteiger partial charge in [0.25, 0.3) is 0 Å². The molecule has 0 saturated heterocycles. The second-order valence-electron chi connectivity index (χ2n) is 3.83. The highest BCUT2D eigenvalue weighted by atomic mass is 79.9. The molecule has 96 valence electrons. The van der Waals surface area contributed by atoms with E-state index < -0.39 is 11.6 Å². The van der Waals surface area contributed by atoms with Gasteiger partial charge in [-0.2, -0.15) is 4.39 Å². The molecule has 0 heterocycles. The van der Waals surface area contributed by atoms with Crippen LogP contribution in [0, 0.1) is 11.6 Å². The van der Waals surface area contributed by atoms with E-state index in [1.807, 2.05) is 0 Å². The zero-order valence-electron chi connectivity index (χ0n) is 9.90. The van der Waals surface area contributed by atoms with E-state index in [1.54, 1.807) is 6.92 Å². The Hall–Kier alpha value is -0.680. The Labute approximate surface area is 108 Å². The van der Waals surface area contributed by atoms with E-state index in [1.165, 1.54) is 6.07 Å². The second-order valence-corrected chi connectivity index (χ2v) is 4.75. The summed E-state index contributed by atoms with van der Waals surface area (Å²) in [6.45, 7) is 5.34. The van der Waals surface area contributed by atoms with Crippen LogP contribution in [0.4, 0.5) is 8.78 Å². The van der Waals surface area contributed by atoms with Crippen LogP contribution in [0.25, 0.3) is 0 Å². The highest BCUT2D eigenvalue weighted by Crippen LogP contribution is 2.26. The smallest absolute Gasteiger partial charge is 0.200 e. The number of halogens is 3. The third-order valence-electron chi connectivity index (χ3n) is 2.15. The lowest BCUT2D eigenvalue weighted by Gasteiger charge is -2.16. The van der Waals surface area contributed by atoms with Crippen LogP contribution < -0.4 is 10.1 Å². The van der Waals surface area contributed by atoms with Crippen LogP contribution in [0.2, 0.25) is 0 Å². The van der Waals surface area contributed by atoms with Gasteiger partial charge in [-0.15, -0.1) is 0 Å². The number of rotatable bonds is 6. The van der Waals surface area contributed by atoms with Crippen LogP contribution in [0.1, 0.15) is 20.3 Å². The minimum absolute atomic E-state index is 0.0670. The second kappa shape index (κ2) is 6.91. The molecule has 17 heavy (non-hydrogen) atoms. The molecule has 5 heteroatoms. The molecule has 0 saturated carbocycles. The summed E-state index contributed by atoms with van der Waals surface area (Å²) in [5.41, 5.74) is 0. The Kier molecular flexibility index (Phi) is 5.85. The maximum Gasteiger partial charge on any atom is 0.200 e. The van der Waals surface area contributed by atoms with Crippen molar-refractivity contribution in [1.82, 2.24) is 5.32 Å². The summed E-state index contributed by atoms with van der Waals surface area (Å²) in [6, 6.07) is 2.50. The zero-order chi connectivity index (χ0) is 12.8. The number of ether oxygens (including phenoxy) is 1. The molecule has 1 aromatic carbocycles. The Morgan fingerprint density at radius 3 is 2.76 bits per heavy atom. The predicted molar refractivity (Wildman–Crippen MR) is 67.3 cm³/mol. The van der Waals surface area contributed by atoms with Gasteiger partial charge in [0.15, 0.2) is 11.6 Å². The number of hydrogen-bond acceptors (Lipinski definition) is 2. The van der Waals surface area contributed by atoms with Crippen LogP contribution in [-0.2, 0) is 0 Å². The number of benzene rings is 1. The fraction of sp³-hybridized carbons (Fsp3) is 0.500. The van der Waals surface area contributed by atoms with Crippen molar-refractivity contribution >= 4 is 15.9 Å². The fourth-order valence-electron chi connectivity index (χ4n) is 1.36. The molecule has 0 radical (unpaired) electrons. The third kappa shape index (κ3) is 4.60. The number of hydrogen-bond donors (Lipinski definition) is 1. The van der Waals surface area contributed by atoms with Gasteiger partial charge in [-0.3, -0.25) is 0 Å². The molecule has 0 aliphatic heterocycles. The summed E-state index contributed by atoms with van der Waals surface area (Å²) in [5, 5.41) is 3.15. The van der Waals surface area contributed by atoms with Crippen molar-refractivity contribution in [3.63, 3.8) is 0 Å². The fourth-order valence-corrected chi connectivity index (χ4v) is 1.77. The van der Waals surface area contributed by atoms with Crippen LogP contribution in [0.15, 0.2) is 16.6 Å². The van der Waals surface area contributed by atoms with Gasteiger partial charge in [0.1, 0.15) is 6.10 Å². The van der Waals surface area contributed by atoms with E-state index in [0.717, 1.165) is 19.0 Å². The Bertz CT molecular complexity index is 374. The third-order valence-corrected chi connectivity index (χ3v) is 2.60. The molecule has 1 atom stereocenters. The maximum atomic E-state index is 13.4. The van der Waals surface area contributed by atoms with Crippen molar-refractivity contribution < 1.29 is 13.5 Å². The molecule has 0 spiro atoms. The molecular weight excluding hydrogens is 292 g/mol. The zero-order valence-corrected chi connectivity index (χ0v) is 11.5. The molecule has 0 amide bonds. The minimum atomic E-state index is -0.949. The molecule has 2 nitrogen and oxygen atoms in total. The lowest BCUT2D eigenvalue weighted by molar-refractivity contribution is 0.205. The van der Waals surface area contributed by atoms with E-state index in [0.29, 0.717) is 11.0 Å². The molecule has 0 aromatic heterocycles. The van der Waals surface area contributed by atoms with Crippen LogP contribution >= 0.6 is 15.9 Å². The first-order valence-corrected chi connectivity index (χ1v) is 6.35. The van der Waals surface area contributed by atoms with E-state index in [9.17, 15) is 8.78 Å². The molecule has 1 unspecified atom stereocenters. The minimum Gasteiger partial charge on any atom is -0.486 e. The van der Waals surface area contributed by atoms with E-state index in [2.05, 4.69) is 28.2 Å². The van der Waals surface area contributed by atoms with Gasteiger partial charge in [-0.1, -0.05) is 22.9 Å². The first-order chi connectivity index (χ1) is 8.04. The monoisotopic (exact) mass is 307 g/mol. The normalized spacial score (nSPS) is 12.5. The van der Waals surface area contributed by atoms with Gasteiger partial charge < -0.3 is 10.1 Å². The summed E-state index contributed by atoms with van der Waals surface area (Å²) in [5.74, 6) is -1.93. The van der Waals surface area contributed by atoms with Crippen molar-refractivity contribution in [3.8, 4) is 5.75 Å². The summed E-state index contributed by atoms with van der Waals surface area (Å²) in [4.78, 5) is 0. The SMILES string of the molecule is CCCNCC(C)Oc1cc(Br)cc(F)c1F. The summed E-state index contributed by atoms with van der Waals surface area (Å²) in [6.07, 6.45) is 0.803. The van der Waals surface area contributed by atoms with E-state index in [4.69, 9.17) is 4.74 Å². The number of nitrogens with one attached hydrogen (secondary N) is 1. The molecule has 1 aromatic rings. The predicted octanol–water partition coefficient (Wildman–Crippen LogP) is 3.49. The Morgan fingerprint density at radius 1 is 1.41 bits per heavy atom. The van der Waals surface area contributed by atoms with Crippen molar-refractivity contribution in [3.05, 3.63) is 28.2 Å². The van der Waals surface area contributed by atoms with Crippen molar-refractivity contribution in [2.24, 2.45) is 0 Å². The quantitative estimate of drug-likeness (QED) is 0.641. The first kappa shape index (κ1) is 14.4. The van der Waals surface area contributed by atoms with Gasteiger partial charge in [0.2, 0.25) is 5.82 Å². The van der Waals surface area contributed by atoms with Crippen molar-refractivity contribution in [1.29, 1.82) is 0 Å². The Balaban J connectivity index is 2.61. The lowest BCUT2D eigenvalue weighted by Crippen LogP contribution is -2.29. The largest absolute Gasteiger partial charge is 0.486 e. The van der Waals surface area contributed by atoms with Gasteiger partial charge in [0.05, 0.1) is 0 Å². The van der Waals surface area contributed by atoms with Gasteiger partial charge in [0, 0.05) is 11.0 Å². The van der Waals surface area contributed by atoms with Crippen LogP contribution in [0.5, 0.6) is 5.75 Å². The van der Waals surface area contributed by atoms with Crippen molar-refractivity contribution in [2.75, 3.05) is 13.1 Å². The molecule has 0 bridgehead atoms. The van der Waals surface area contributed by atoms with E-state index in [-0.39, 0.29) is 11.9 Å². The topological polar surface area (TPSA) is 21.3 Å². The first-order valence-electron chi connectivity index (χ1n) is 5.56. The summed E-state index contributed by atoms with van der Waals surface area (Å²) in [7, 11) is 0.